The predicted molar refractivity (Wildman–Crippen MR) is 264 cm³/mol. The second kappa shape index (κ2) is 51.5. The average Bonchev–Trinajstić information content (AvgIpc) is 3.26. The topological polar surface area (TPSA) is 95.9 Å². The largest absolute Gasteiger partial charge is 0.466 e. The highest BCUT2D eigenvalue weighted by molar-refractivity contribution is 5.76. The number of ether oxygens (including phenoxy) is 1. The molecule has 2 unspecified atom stereocenters. The predicted octanol–water partition coefficient (Wildman–Crippen LogP) is 16.7. The maximum atomic E-state index is 12.4. The Kier molecular flexibility index (Phi) is 50.5. The summed E-state index contributed by atoms with van der Waals surface area (Å²) in [7, 11) is 0. The molecule has 0 fully saturated rings. The van der Waals surface area contributed by atoms with Gasteiger partial charge in [-0.3, -0.25) is 9.59 Å². The van der Waals surface area contributed by atoms with Crippen molar-refractivity contribution in [2.75, 3.05) is 13.2 Å². The van der Waals surface area contributed by atoms with E-state index in [4.69, 9.17) is 4.74 Å². The number of unbranched alkanes of at least 4 members (excludes halogenated alkanes) is 41. The molecule has 0 spiro atoms. The number of aliphatic hydroxyl groups is 2. The maximum Gasteiger partial charge on any atom is 0.305 e. The molecule has 0 aliphatic rings. The van der Waals surface area contributed by atoms with E-state index in [2.05, 4.69) is 19.2 Å². The van der Waals surface area contributed by atoms with Gasteiger partial charge >= 0.3 is 5.97 Å². The van der Waals surface area contributed by atoms with E-state index in [9.17, 15) is 19.8 Å². The molecule has 0 saturated heterocycles. The number of nitrogens with one attached hydrogen (secondary N) is 1. The van der Waals surface area contributed by atoms with Crippen LogP contribution in [0.15, 0.2) is 0 Å². The number of esters is 1. The normalized spacial score (nSPS) is 12.5. The fourth-order valence-electron chi connectivity index (χ4n) is 8.88. The van der Waals surface area contributed by atoms with Gasteiger partial charge in [-0.05, 0) is 25.7 Å². The van der Waals surface area contributed by atoms with Crippen molar-refractivity contribution in [2.45, 2.75) is 328 Å². The molecule has 0 aromatic carbocycles. The van der Waals surface area contributed by atoms with E-state index in [0.29, 0.717) is 25.9 Å². The molecule has 0 aliphatic heterocycles. The number of carbonyl (C=O) groups is 2. The van der Waals surface area contributed by atoms with Crippen molar-refractivity contribution in [1.29, 1.82) is 0 Å². The molecule has 6 nitrogen and oxygen atoms in total. The molecule has 0 heterocycles. The molecule has 2 atom stereocenters. The third-order valence-electron chi connectivity index (χ3n) is 13.2. The first kappa shape index (κ1) is 59.9. The van der Waals surface area contributed by atoms with Gasteiger partial charge in [0, 0.05) is 12.8 Å². The number of rotatable bonds is 52. The van der Waals surface area contributed by atoms with Crippen LogP contribution >= 0.6 is 0 Å². The third-order valence-corrected chi connectivity index (χ3v) is 13.2. The van der Waals surface area contributed by atoms with Crippen molar-refractivity contribution in [3.05, 3.63) is 0 Å². The minimum absolute atomic E-state index is 0.0113. The molecule has 364 valence electrons. The summed E-state index contributed by atoms with van der Waals surface area (Å²) in [5, 5.41) is 23.1. The minimum Gasteiger partial charge on any atom is -0.466 e. The molecule has 0 radical (unpaired) electrons. The Labute approximate surface area is 381 Å². The fourth-order valence-corrected chi connectivity index (χ4v) is 8.88. The Morgan fingerprint density at radius 3 is 1.00 bits per heavy atom. The lowest BCUT2D eigenvalue weighted by Crippen LogP contribution is -2.45. The van der Waals surface area contributed by atoms with Gasteiger partial charge in [-0.15, -0.1) is 0 Å². The van der Waals surface area contributed by atoms with Crippen LogP contribution in [0.4, 0.5) is 0 Å². The van der Waals surface area contributed by atoms with E-state index in [1.807, 2.05) is 0 Å². The summed E-state index contributed by atoms with van der Waals surface area (Å²) < 4.78 is 5.48. The van der Waals surface area contributed by atoms with Crippen LogP contribution in [-0.2, 0) is 14.3 Å². The number of amides is 1. The Morgan fingerprint density at radius 1 is 0.393 bits per heavy atom. The zero-order valence-electron chi connectivity index (χ0n) is 41.4. The van der Waals surface area contributed by atoms with Gasteiger partial charge in [0.2, 0.25) is 5.91 Å². The number of hydrogen-bond donors (Lipinski definition) is 3. The summed E-state index contributed by atoms with van der Waals surface area (Å²) in [6, 6.07) is -0.541. The number of aliphatic hydroxyl groups excluding tert-OH is 2. The first-order valence-corrected chi connectivity index (χ1v) is 27.8. The molecular formula is C55H109NO5. The SMILES string of the molecule is CCCCCCCCCCCCCCCCCCC(=O)OCCCCCCCCCCCCCCCCCCCCC(=O)NC(CO)C(O)CCCCCCCCCCCC. The summed E-state index contributed by atoms with van der Waals surface area (Å²) in [5.74, 6) is -0.0278. The second-order valence-electron chi connectivity index (χ2n) is 19.3. The van der Waals surface area contributed by atoms with Gasteiger partial charge in [0.15, 0.2) is 0 Å². The van der Waals surface area contributed by atoms with E-state index < -0.39 is 12.1 Å². The highest BCUT2D eigenvalue weighted by Crippen LogP contribution is 2.18. The molecule has 0 aromatic heterocycles. The van der Waals surface area contributed by atoms with Crippen LogP contribution < -0.4 is 5.32 Å². The lowest BCUT2D eigenvalue weighted by molar-refractivity contribution is -0.143. The zero-order valence-corrected chi connectivity index (χ0v) is 41.4. The Balaban J connectivity index is 3.35. The Bertz CT molecular complexity index is 867. The quantitative estimate of drug-likeness (QED) is 0.0418. The van der Waals surface area contributed by atoms with E-state index in [1.54, 1.807) is 0 Å². The zero-order chi connectivity index (χ0) is 44.4. The summed E-state index contributed by atoms with van der Waals surface area (Å²) in [4.78, 5) is 24.5. The standard InChI is InChI=1S/C55H109NO5/c1-3-5-7-9-11-13-15-16-17-23-26-29-33-37-41-45-49-55(60)61-50-46-42-38-34-30-27-24-21-19-18-20-22-25-28-32-36-40-44-48-54(59)56-52(51-57)53(58)47-43-39-35-31-14-12-10-8-6-4-2/h52-53,57-58H,3-51H2,1-2H3,(H,56,59). The lowest BCUT2D eigenvalue weighted by Gasteiger charge is -2.22. The van der Waals surface area contributed by atoms with Crippen LogP contribution in [0.5, 0.6) is 0 Å². The summed E-state index contributed by atoms with van der Waals surface area (Å²) in [5.41, 5.74) is 0. The first-order valence-electron chi connectivity index (χ1n) is 27.8. The summed E-state index contributed by atoms with van der Waals surface area (Å²) in [6.45, 7) is 4.95. The molecule has 6 heteroatoms. The van der Waals surface area contributed by atoms with Gasteiger partial charge in [-0.25, -0.2) is 0 Å². The van der Waals surface area contributed by atoms with E-state index >= 15 is 0 Å². The van der Waals surface area contributed by atoms with Gasteiger partial charge in [0.05, 0.1) is 25.4 Å². The molecule has 0 aromatic rings. The van der Waals surface area contributed by atoms with E-state index in [1.165, 1.54) is 244 Å². The molecule has 0 rings (SSSR count). The van der Waals surface area contributed by atoms with Crippen molar-refractivity contribution in [3.63, 3.8) is 0 Å². The van der Waals surface area contributed by atoms with Gasteiger partial charge < -0.3 is 20.3 Å². The van der Waals surface area contributed by atoms with Gasteiger partial charge in [0.25, 0.3) is 0 Å². The Hall–Kier alpha value is -1.14. The van der Waals surface area contributed by atoms with Crippen LogP contribution in [-0.4, -0.2) is 47.4 Å². The van der Waals surface area contributed by atoms with Crippen LogP contribution in [0.25, 0.3) is 0 Å². The molecule has 1 amide bonds. The highest BCUT2D eigenvalue weighted by Gasteiger charge is 2.20. The molecule has 61 heavy (non-hydrogen) atoms. The Morgan fingerprint density at radius 2 is 0.672 bits per heavy atom. The van der Waals surface area contributed by atoms with Crippen molar-refractivity contribution in [1.82, 2.24) is 5.32 Å². The van der Waals surface area contributed by atoms with Gasteiger partial charge in [-0.2, -0.15) is 0 Å². The first-order chi connectivity index (χ1) is 30.0. The second-order valence-corrected chi connectivity index (χ2v) is 19.3. The smallest absolute Gasteiger partial charge is 0.305 e. The van der Waals surface area contributed by atoms with Crippen molar-refractivity contribution in [3.8, 4) is 0 Å². The molecule has 0 saturated carbocycles. The van der Waals surface area contributed by atoms with E-state index in [0.717, 1.165) is 38.5 Å². The van der Waals surface area contributed by atoms with Gasteiger partial charge in [0.1, 0.15) is 0 Å². The van der Waals surface area contributed by atoms with Gasteiger partial charge in [-0.1, -0.05) is 277 Å². The molecular weight excluding hydrogens is 755 g/mol. The highest BCUT2D eigenvalue weighted by atomic mass is 16.5. The minimum atomic E-state index is -0.663. The van der Waals surface area contributed by atoms with Crippen LogP contribution in [0.3, 0.4) is 0 Å². The van der Waals surface area contributed by atoms with Crippen LogP contribution in [0, 0.1) is 0 Å². The lowest BCUT2D eigenvalue weighted by atomic mass is 10.0. The summed E-state index contributed by atoms with van der Waals surface area (Å²) in [6.07, 6.45) is 58.0. The van der Waals surface area contributed by atoms with Crippen molar-refractivity contribution in [2.24, 2.45) is 0 Å². The maximum absolute atomic E-state index is 12.4. The third kappa shape index (κ3) is 48.2. The number of carbonyl (C=O) groups excluding carboxylic acids is 2. The van der Waals surface area contributed by atoms with Crippen LogP contribution in [0.1, 0.15) is 316 Å². The average molecular weight is 864 g/mol. The van der Waals surface area contributed by atoms with Crippen LogP contribution in [0.2, 0.25) is 0 Å². The summed E-state index contributed by atoms with van der Waals surface area (Å²) >= 11 is 0. The van der Waals surface area contributed by atoms with E-state index in [-0.39, 0.29) is 18.5 Å². The fraction of sp³-hybridized carbons (Fsp3) is 0.964. The molecule has 0 bridgehead atoms. The molecule has 0 aliphatic carbocycles. The van der Waals surface area contributed by atoms with Crippen molar-refractivity contribution < 1.29 is 24.5 Å². The van der Waals surface area contributed by atoms with Crippen molar-refractivity contribution >= 4 is 11.9 Å². The molecule has 3 N–H and O–H groups in total. The number of hydrogen-bond acceptors (Lipinski definition) is 5. The monoisotopic (exact) mass is 864 g/mol.